The van der Waals surface area contributed by atoms with Crippen LogP contribution in [0.5, 0.6) is 0 Å². The van der Waals surface area contributed by atoms with Gasteiger partial charge >= 0.3 is 0 Å². The SMILES string of the molecule is CC(C)(O)CN1CCN(CC2(C=O)CCCOC2)CC1. The van der Waals surface area contributed by atoms with Gasteiger partial charge < -0.3 is 14.6 Å². The zero-order valence-electron chi connectivity index (χ0n) is 12.8. The molecule has 1 unspecified atom stereocenters. The Kier molecular flexibility index (Phi) is 5.18. The van der Waals surface area contributed by atoms with Gasteiger partial charge in [0.1, 0.15) is 6.29 Å². The van der Waals surface area contributed by atoms with Crippen molar-refractivity contribution in [2.75, 3.05) is 52.5 Å². The van der Waals surface area contributed by atoms with Crippen LogP contribution in [-0.4, -0.2) is 79.3 Å². The van der Waals surface area contributed by atoms with Crippen molar-refractivity contribution in [2.45, 2.75) is 32.3 Å². The van der Waals surface area contributed by atoms with Crippen LogP contribution in [0.4, 0.5) is 0 Å². The molecule has 1 N–H and O–H groups in total. The van der Waals surface area contributed by atoms with Gasteiger partial charge in [-0.3, -0.25) is 9.80 Å². The predicted octanol–water partition coefficient (Wildman–Crippen LogP) is 0.371. The minimum Gasteiger partial charge on any atom is -0.389 e. The van der Waals surface area contributed by atoms with Gasteiger partial charge in [-0.25, -0.2) is 0 Å². The summed E-state index contributed by atoms with van der Waals surface area (Å²) >= 11 is 0. The molecular formula is C15H28N2O3. The van der Waals surface area contributed by atoms with E-state index in [-0.39, 0.29) is 5.41 Å². The number of rotatable bonds is 5. The van der Waals surface area contributed by atoms with E-state index in [0.717, 1.165) is 58.5 Å². The van der Waals surface area contributed by atoms with Crippen LogP contribution in [0.2, 0.25) is 0 Å². The van der Waals surface area contributed by atoms with Gasteiger partial charge in [-0.1, -0.05) is 0 Å². The maximum atomic E-state index is 11.5. The Bertz CT molecular complexity index is 314. The van der Waals surface area contributed by atoms with Crippen molar-refractivity contribution >= 4 is 6.29 Å². The first-order chi connectivity index (χ1) is 9.42. The molecule has 0 spiro atoms. The lowest BCUT2D eigenvalue weighted by molar-refractivity contribution is -0.126. The van der Waals surface area contributed by atoms with Crippen LogP contribution in [0, 0.1) is 5.41 Å². The van der Waals surface area contributed by atoms with Crippen molar-refractivity contribution in [1.29, 1.82) is 0 Å². The first kappa shape index (κ1) is 15.9. The average molecular weight is 284 g/mol. The summed E-state index contributed by atoms with van der Waals surface area (Å²) in [7, 11) is 0. The minimum atomic E-state index is -0.636. The smallest absolute Gasteiger partial charge is 0.129 e. The molecule has 2 aliphatic heterocycles. The van der Waals surface area contributed by atoms with Gasteiger partial charge in [0.25, 0.3) is 0 Å². The second-order valence-corrected chi connectivity index (χ2v) is 7.00. The summed E-state index contributed by atoms with van der Waals surface area (Å²) in [6, 6.07) is 0. The lowest BCUT2D eigenvalue weighted by Crippen LogP contribution is -2.54. The summed E-state index contributed by atoms with van der Waals surface area (Å²) in [5, 5.41) is 9.86. The molecule has 2 rings (SSSR count). The summed E-state index contributed by atoms with van der Waals surface area (Å²) in [4.78, 5) is 16.1. The third-order valence-corrected chi connectivity index (χ3v) is 4.22. The number of carbonyl (C=O) groups excluding carboxylic acids is 1. The van der Waals surface area contributed by atoms with E-state index in [4.69, 9.17) is 4.74 Å². The molecule has 0 aromatic rings. The quantitative estimate of drug-likeness (QED) is 0.739. The molecule has 2 fully saturated rings. The van der Waals surface area contributed by atoms with E-state index in [9.17, 15) is 9.90 Å². The number of hydrogen-bond acceptors (Lipinski definition) is 5. The average Bonchev–Trinajstić information content (AvgIpc) is 2.40. The molecule has 2 aliphatic rings. The molecule has 0 amide bonds. The van der Waals surface area contributed by atoms with Crippen molar-refractivity contribution in [3.05, 3.63) is 0 Å². The number of β-amino-alcohol motifs (C(OH)–C–C–N with tert-alkyl or cyclic N) is 1. The lowest BCUT2D eigenvalue weighted by Gasteiger charge is -2.41. The van der Waals surface area contributed by atoms with Crippen molar-refractivity contribution in [1.82, 2.24) is 9.80 Å². The molecule has 0 saturated carbocycles. The third-order valence-electron chi connectivity index (χ3n) is 4.22. The van der Waals surface area contributed by atoms with Crippen molar-refractivity contribution in [2.24, 2.45) is 5.41 Å². The molecule has 116 valence electrons. The van der Waals surface area contributed by atoms with Crippen molar-refractivity contribution in [3.63, 3.8) is 0 Å². The molecule has 2 saturated heterocycles. The van der Waals surface area contributed by atoms with Crippen LogP contribution in [0.25, 0.3) is 0 Å². The van der Waals surface area contributed by atoms with Crippen molar-refractivity contribution < 1.29 is 14.6 Å². The normalized spacial score (nSPS) is 30.4. The second-order valence-electron chi connectivity index (χ2n) is 7.00. The highest BCUT2D eigenvalue weighted by molar-refractivity contribution is 5.60. The number of aliphatic hydroxyl groups is 1. The minimum absolute atomic E-state index is 0.295. The van der Waals surface area contributed by atoms with Gasteiger partial charge in [-0.05, 0) is 26.7 Å². The fraction of sp³-hybridized carbons (Fsp3) is 0.933. The Hall–Kier alpha value is -0.490. The summed E-state index contributed by atoms with van der Waals surface area (Å²) in [5.74, 6) is 0. The van der Waals surface area contributed by atoms with Gasteiger partial charge in [-0.15, -0.1) is 0 Å². The maximum Gasteiger partial charge on any atom is 0.129 e. The lowest BCUT2D eigenvalue weighted by atomic mass is 9.83. The van der Waals surface area contributed by atoms with E-state index < -0.39 is 5.60 Å². The Morgan fingerprint density at radius 3 is 2.40 bits per heavy atom. The van der Waals surface area contributed by atoms with Gasteiger partial charge in [-0.2, -0.15) is 0 Å². The van der Waals surface area contributed by atoms with E-state index in [1.54, 1.807) is 0 Å². The highest BCUT2D eigenvalue weighted by atomic mass is 16.5. The largest absolute Gasteiger partial charge is 0.389 e. The Morgan fingerprint density at radius 2 is 1.90 bits per heavy atom. The highest BCUT2D eigenvalue weighted by Crippen LogP contribution is 2.28. The number of aldehydes is 1. The zero-order valence-corrected chi connectivity index (χ0v) is 12.8. The van der Waals surface area contributed by atoms with E-state index in [0.29, 0.717) is 13.2 Å². The van der Waals surface area contributed by atoms with E-state index in [2.05, 4.69) is 9.80 Å². The van der Waals surface area contributed by atoms with Gasteiger partial charge in [0, 0.05) is 45.9 Å². The fourth-order valence-electron chi connectivity index (χ4n) is 3.23. The number of nitrogens with zero attached hydrogens (tertiary/aromatic N) is 2. The summed E-state index contributed by atoms with van der Waals surface area (Å²) in [6.45, 7) is 10.4. The first-order valence-electron chi connectivity index (χ1n) is 7.64. The Morgan fingerprint density at radius 1 is 1.25 bits per heavy atom. The first-order valence-corrected chi connectivity index (χ1v) is 7.64. The van der Waals surface area contributed by atoms with Crippen LogP contribution in [0.3, 0.4) is 0 Å². The molecule has 2 heterocycles. The van der Waals surface area contributed by atoms with Crippen LogP contribution in [-0.2, 0) is 9.53 Å². The summed E-state index contributed by atoms with van der Waals surface area (Å²) < 4.78 is 5.50. The molecule has 0 aliphatic carbocycles. The Balaban J connectivity index is 1.80. The summed E-state index contributed by atoms with van der Waals surface area (Å²) in [5.41, 5.74) is -0.930. The number of carbonyl (C=O) groups is 1. The highest BCUT2D eigenvalue weighted by Gasteiger charge is 2.35. The third kappa shape index (κ3) is 4.52. The van der Waals surface area contributed by atoms with Gasteiger partial charge in [0.15, 0.2) is 0 Å². The maximum absolute atomic E-state index is 11.5. The molecule has 0 bridgehead atoms. The topological polar surface area (TPSA) is 53.0 Å². The van der Waals surface area contributed by atoms with E-state index in [1.807, 2.05) is 13.8 Å². The molecule has 0 aromatic carbocycles. The fourth-order valence-corrected chi connectivity index (χ4v) is 3.23. The molecule has 5 heteroatoms. The van der Waals surface area contributed by atoms with E-state index in [1.165, 1.54) is 0 Å². The molecular weight excluding hydrogens is 256 g/mol. The standard InChI is InChI=1S/C15H28N2O3/c1-14(2,19)10-16-5-7-17(8-6-16)11-15(12-18)4-3-9-20-13-15/h12,19H,3-11,13H2,1-2H3. The van der Waals surface area contributed by atoms with Gasteiger partial charge in [0.05, 0.1) is 17.6 Å². The number of ether oxygens (including phenoxy) is 1. The predicted molar refractivity (Wildman–Crippen MR) is 77.7 cm³/mol. The van der Waals surface area contributed by atoms with Crippen LogP contribution in [0.15, 0.2) is 0 Å². The number of piperazine rings is 1. The van der Waals surface area contributed by atoms with Crippen LogP contribution >= 0.6 is 0 Å². The summed E-state index contributed by atoms with van der Waals surface area (Å²) in [6.07, 6.45) is 3.03. The Labute approximate surface area is 121 Å². The number of hydrogen-bond donors (Lipinski definition) is 1. The van der Waals surface area contributed by atoms with E-state index >= 15 is 0 Å². The second kappa shape index (κ2) is 6.52. The monoisotopic (exact) mass is 284 g/mol. The van der Waals surface area contributed by atoms with Gasteiger partial charge in [0.2, 0.25) is 0 Å². The van der Waals surface area contributed by atoms with Crippen molar-refractivity contribution in [3.8, 4) is 0 Å². The zero-order chi connectivity index (χ0) is 14.6. The molecule has 5 nitrogen and oxygen atoms in total. The molecule has 0 radical (unpaired) electrons. The molecule has 1 atom stereocenters. The van der Waals surface area contributed by atoms with Crippen LogP contribution < -0.4 is 0 Å². The van der Waals surface area contributed by atoms with Crippen LogP contribution in [0.1, 0.15) is 26.7 Å². The molecule has 20 heavy (non-hydrogen) atoms. The molecule has 0 aromatic heterocycles.